The van der Waals surface area contributed by atoms with E-state index in [1.165, 1.54) is 0 Å². The van der Waals surface area contributed by atoms with Crippen LogP contribution >= 0.6 is 0 Å². The summed E-state index contributed by atoms with van der Waals surface area (Å²) in [6, 6.07) is 1.20. The molecule has 3 unspecified atom stereocenters. The Bertz CT molecular complexity index is 229. The van der Waals surface area contributed by atoms with Gasteiger partial charge in [-0.05, 0) is 38.8 Å². The Morgan fingerprint density at radius 3 is 2.39 bits per heavy atom. The van der Waals surface area contributed by atoms with Crippen molar-refractivity contribution in [3.05, 3.63) is 0 Å². The van der Waals surface area contributed by atoms with Crippen LogP contribution in [0.1, 0.15) is 40.5 Å². The van der Waals surface area contributed by atoms with Gasteiger partial charge in [-0.2, -0.15) is 0 Å². The number of rotatable bonds is 6. The lowest BCUT2D eigenvalue weighted by atomic mass is 9.93. The molecule has 0 bridgehead atoms. The van der Waals surface area contributed by atoms with Crippen molar-refractivity contribution in [3.8, 4) is 0 Å². The van der Waals surface area contributed by atoms with Crippen LogP contribution in [0, 0.1) is 11.8 Å². The zero-order valence-electron chi connectivity index (χ0n) is 13.1. The molecule has 0 aromatic carbocycles. The fraction of sp³-hybridized carbons (Fsp3) is 1.00. The van der Waals surface area contributed by atoms with E-state index >= 15 is 0 Å². The summed E-state index contributed by atoms with van der Waals surface area (Å²) in [5.41, 5.74) is 0. The lowest BCUT2D eigenvalue weighted by Crippen LogP contribution is -2.50. The average molecular weight is 256 g/mol. The highest BCUT2D eigenvalue weighted by molar-refractivity contribution is 4.83. The van der Waals surface area contributed by atoms with Gasteiger partial charge in [0.2, 0.25) is 0 Å². The molecule has 0 aliphatic carbocycles. The molecule has 3 atom stereocenters. The highest BCUT2D eigenvalue weighted by atomic mass is 16.5. The van der Waals surface area contributed by atoms with Gasteiger partial charge in [0, 0.05) is 25.2 Å². The lowest BCUT2D eigenvalue weighted by Gasteiger charge is -2.36. The zero-order valence-corrected chi connectivity index (χ0v) is 13.1. The van der Waals surface area contributed by atoms with E-state index in [1.54, 1.807) is 0 Å². The third kappa shape index (κ3) is 5.25. The summed E-state index contributed by atoms with van der Waals surface area (Å²) in [5.74, 6) is 1.30. The Balaban J connectivity index is 2.47. The van der Waals surface area contributed by atoms with Crippen LogP contribution in [0.5, 0.6) is 0 Å². The van der Waals surface area contributed by atoms with E-state index in [-0.39, 0.29) is 0 Å². The van der Waals surface area contributed by atoms with Gasteiger partial charge >= 0.3 is 0 Å². The van der Waals surface area contributed by atoms with Gasteiger partial charge in [-0.3, -0.25) is 0 Å². The first-order valence-corrected chi connectivity index (χ1v) is 7.42. The van der Waals surface area contributed by atoms with Crippen LogP contribution in [0.4, 0.5) is 0 Å². The van der Waals surface area contributed by atoms with E-state index in [0.29, 0.717) is 30.0 Å². The molecule has 3 nitrogen and oxygen atoms in total. The highest BCUT2D eigenvalue weighted by Crippen LogP contribution is 2.21. The average Bonchev–Trinajstić information content (AvgIpc) is 2.27. The summed E-state index contributed by atoms with van der Waals surface area (Å²) in [5, 5.41) is 3.85. The van der Waals surface area contributed by atoms with Gasteiger partial charge in [0.25, 0.3) is 0 Å². The van der Waals surface area contributed by atoms with E-state index < -0.39 is 0 Å². The number of nitrogens with one attached hydrogen (secondary N) is 1. The van der Waals surface area contributed by atoms with Crippen LogP contribution in [0.15, 0.2) is 0 Å². The summed E-state index contributed by atoms with van der Waals surface area (Å²) in [7, 11) is 4.30. The van der Waals surface area contributed by atoms with Crippen molar-refractivity contribution in [2.75, 3.05) is 27.2 Å². The van der Waals surface area contributed by atoms with Crippen LogP contribution < -0.4 is 5.32 Å². The van der Waals surface area contributed by atoms with E-state index in [4.69, 9.17) is 4.74 Å². The van der Waals surface area contributed by atoms with Crippen molar-refractivity contribution in [1.82, 2.24) is 10.2 Å². The fourth-order valence-electron chi connectivity index (χ4n) is 2.60. The second kappa shape index (κ2) is 7.46. The normalized spacial score (nSPS) is 27.2. The molecular weight excluding hydrogens is 224 g/mol. The van der Waals surface area contributed by atoms with Crippen molar-refractivity contribution in [3.63, 3.8) is 0 Å². The molecule has 1 aliphatic heterocycles. The van der Waals surface area contributed by atoms with Crippen molar-refractivity contribution in [2.45, 2.75) is 58.7 Å². The maximum Gasteiger partial charge on any atom is 0.0612 e. The predicted octanol–water partition coefficient (Wildman–Crippen LogP) is 2.37. The first kappa shape index (κ1) is 15.9. The molecule has 3 heteroatoms. The van der Waals surface area contributed by atoms with E-state index in [9.17, 15) is 0 Å². The minimum absolute atomic E-state index is 0.434. The topological polar surface area (TPSA) is 24.5 Å². The second-order valence-electron chi connectivity index (χ2n) is 6.65. The van der Waals surface area contributed by atoms with Gasteiger partial charge in [0.1, 0.15) is 0 Å². The molecule has 1 N–H and O–H groups in total. The molecule has 1 heterocycles. The Kier molecular flexibility index (Phi) is 6.61. The van der Waals surface area contributed by atoms with E-state index in [2.05, 4.69) is 52.0 Å². The van der Waals surface area contributed by atoms with Gasteiger partial charge in [-0.25, -0.2) is 0 Å². The quantitative estimate of drug-likeness (QED) is 0.789. The summed E-state index contributed by atoms with van der Waals surface area (Å²) in [4.78, 5) is 2.27. The molecule has 1 aliphatic rings. The summed E-state index contributed by atoms with van der Waals surface area (Å²) >= 11 is 0. The molecule has 0 spiro atoms. The van der Waals surface area contributed by atoms with Crippen LogP contribution in [-0.4, -0.2) is 50.3 Å². The van der Waals surface area contributed by atoms with Crippen molar-refractivity contribution < 1.29 is 4.74 Å². The van der Waals surface area contributed by atoms with Crippen LogP contribution in [0.25, 0.3) is 0 Å². The SMILES string of the molecule is CC(C)C(CN(C)C)NC1CCOC(C(C)C)C1. The minimum atomic E-state index is 0.434. The van der Waals surface area contributed by atoms with Gasteiger partial charge in [-0.15, -0.1) is 0 Å². The highest BCUT2D eigenvalue weighted by Gasteiger charge is 2.27. The van der Waals surface area contributed by atoms with E-state index in [0.717, 1.165) is 26.0 Å². The lowest BCUT2D eigenvalue weighted by molar-refractivity contribution is -0.0271. The fourth-order valence-corrected chi connectivity index (χ4v) is 2.60. The maximum atomic E-state index is 5.84. The Hall–Kier alpha value is -0.120. The smallest absolute Gasteiger partial charge is 0.0612 e. The zero-order chi connectivity index (χ0) is 13.7. The first-order valence-electron chi connectivity index (χ1n) is 7.42. The van der Waals surface area contributed by atoms with Crippen molar-refractivity contribution in [1.29, 1.82) is 0 Å². The maximum absolute atomic E-state index is 5.84. The molecule has 0 amide bonds. The molecule has 108 valence electrons. The molecule has 1 rings (SSSR count). The van der Waals surface area contributed by atoms with Crippen LogP contribution in [-0.2, 0) is 4.74 Å². The summed E-state index contributed by atoms with van der Waals surface area (Å²) in [6.07, 6.45) is 2.75. The minimum Gasteiger partial charge on any atom is -0.378 e. The monoisotopic (exact) mass is 256 g/mol. The molecule has 0 saturated carbocycles. The van der Waals surface area contributed by atoms with Crippen molar-refractivity contribution in [2.24, 2.45) is 11.8 Å². The third-order valence-corrected chi connectivity index (χ3v) is 3.87. The van der Waals surface area contributed by atoms with Gasteiger partial charge in [-0.1, -0.05) is 27.7 Å². The summed E-state index contributed by atoms with van der Waals surface area (Å²) in [6.45, 7) is 11.1. The number of nitrogens with zero attached hydrogens (tertiary/aromatic N) is 1. The Morgan fingerprint density at radius 1 is 1.22 bits per heavy atom. The largest absolute Gasteiger partial charge is 0.378 e. The molecule has 18 heavy (non-hydrogen) atoms. The number of hydrogen-bond acceptors (Lipinski definition) is 3. The molecule has 1 saturated heterocycles. The third-order valence-electron chi connectivity index (χ3n) is 3.87. The van der Waals surface area contributed by atoms with Gasteiger partial charge in [0.05, 0.1) is 6.10 Å². The molecular formula is C15H32N2O. The van der Waals surface area contributed by atoms with E-state index in [1.807, 2.05) is 0 Å². The van der Waals surface area contributed by atoms with Crippen LogP contribution in [0.3, 0.4) is 0 Å². The Labute approximate surface area is 113 Å². The molecule has 0 aromatic heterocycles. The molecule has 0 radical (unpaired) electrons. The summed E-state index contributed by atoms with van der Waals surface area (Å²) < 4.78 is 5.84. The first-order chi connectivity index (χ1) is 8.40. The standard InChI is InChI=1S/C15H32N2O/c1-11(2)14(10-17(5)6)16-13-7-8-18-15(9-13)12(3)4/h11-16H,7-10H2,1-6H3. The van der Waals surface area contributed by atoms with Gasteiger partial charge in [0.15, 0.2) is 0 Å². The predicted molar refractivity (Wildman–Crippen MR) is 77.9 cm³/mol. The van der Waals surface area contributed by atoms with Crippen molar-refractivity contribution >= 4 is 0 Å². The van der Waals surface area contributed by atoms with Crippen LogP contribution in [0.2, 0.25) is 0 Å². The molecule has 0 aromatic rings. The molecule has 1 fully saturated rings. The number of hydrogen-bond donors (Lipinski definition) is 1. The Morgan fingerprint density at radius 2 is 1.89 bits per heavy atom. The van der Waals surface area contributed by atoms with Gasteiger partial charge < -0.3 is 15.0 Å². The second-order valence-corrected chi connectivity index (χ2v) is 6.65. The number of ether oxygens (including phenoxy) is 1. The number of likely N-dealkylation sites (N-methyl/N-ethyl adjacent to an activating group) is 1.